The van der Waals surface area contributed by atoms with Crippen molar-refractivity contribution in [1.82, 2.24) is 0 Å². The van der Waals surface area contributed by atoms with Crippen LogP contribution in [-0.4, -0.2) is 38.1 Å². The summed E-state index contributed by atoms with van der Waals surface area (Å²) < 4.78 is 5.42. The number of ether oxygens (including phenoxy) is 1. The zero-order valence-electron chi connectivity index (χ0n) is 16.8. The largest absolute Gasteiger partial charge is 0.378 e. The first-order chi connectivity index (χ1) is 15.1. The highest BCUT2D eigenvalue weighted by Crippen LogP contribution is 2.28. The molecule has 0 aliphatic carbocycles. The highest BCUT2D eigenvalue weighted by molar-refractivity contribution is 6.34. The molecule has 0 bridgehead atoms. The number of hydrogen-bond donors (Lipinski definition) is 2. The maximum Gasteiger partial charge on any atom is 0.257 e. The Morgan fingerprint density at radius 1 is 0.839 bits per heavy atom. The molecular formula is C24H22ClN3O3. The number of carbonyl (C=O) groups is 2. The lowest BCUT2D eigenvalue weighted by Gasteiger charge is -2.30. The summed E-state index contributed by atoms with van der Waals surface area (Å²) in [6, 6.07) is 21.4. The summed E-state index contributed by atoms with van der Waals surface area (Å²) in [5.74, 6) is -0.506. The van der Waals surface area contributed by atoms with E-state index in [-0.39, 0.29) is 11.8 Å². The van der Waals surface area contributed by atoms with E-state index in [2.05, 4.69) is 15.5 Å². The zero-order valence-corrected chi connectivity index (χ0v) is 17.6. The van der Waals surface area contributed by atoms with Crippen LogP contribution in [-0.2, 0) is 4.74 Å². The molecule has 0 saturated carbocycles. The van der Waals surface area contributed by atoms with Crippen LogP contribution in [0.2, 0.25) is 5.02 Å². The molecule has 3 aromatic carbocycles. The van der Waals surface area contributed by atoms with E-state index in [4.69, 9.17) is 16.3 Å². The van der Waals surface area contributed by atoms with Gasteiger partial charge >= 0.3 is 0 Å². The molecule has 0 atom stereocenters. The third-order valence-corrected chi connectivity index (χ3v) is 5.34. The number of nitrogens with zero attached hydrogens (tertiary/aromatic N) is 1. The van der Waals surface area contributed by atoms with Gasteiger partial charge in [0.25, 0.3) is 11.8 Å². The van der Waals surface area contributed by atoms with Gasteiger partial charge in [-0.3, -0.25) is 9.59 Å². The van der Waals surface area contributed by atoms with Crippen molar-refractivity contribution in [2.75, 3.05) is 41.8 Å². The molecule has 0 spiro atoms. The van der Waals surface area contributed by atoms with Crippen LogP contribution in [0.3, 0.4) is 0 Å². The number of para-hydroxylation sites is 1. The van der Waals surface area contributed by atoms with Gasteiger partial charge in [0.15, 0.2) is 0 Å². The van der Waals surface area contributed by atoms with E-state index < -0.39 is 0 Å². The lowest BCUT2D eigenvalue weighted by Crippen LogP contribution is -2.37. The molecule has 3 aromatic rings. The standard InChI is InChI=1S/C24H22ClN3O3/c25-20-11-10-18(16-21(20)27-23(29)17-6-2-1-3-7-17)26-24(30)19-8-4-5-9-22(19)28-12-14-31-15-13-28/h1-11,16H,12-15H2,(H,26,30)(H,27,29). The van der Waals surface area contributed by atoms with E-state index in [9.17, 15) is 9.59 Å². The van der Waals surface area contributed by atoms with Crippen LogP contribution in [0, 0.1) is 0 Å². The maximum atomic E-state index is 13.0. The number of rotatable bonds is 5. The molecule has 1 aliphatic rings. The van der Waals surface area contributed by atoms with Crippen LogP contribution in [0.15, 0.2) is 72.8 Å². The van der Waals surface area contributed by atoms with E-state index in [0.29, 0.717) is 40.7 Å². The number of benzene rings is 3. The van der Waals surface area contributed by atoms with E-state index in [1.165, 1.54) is 0 Å². The van der Waals surface area contributed by atoms with Crippen LogP contribution in [0.1, 0.15) is 20.7 Å². The number of amides is 2. The molecule has 0 unspecified atom stereocenters. The van der Waals surface area contributed by atoms with Crippen molar-refractivity contribution < 1.29 is 14.3 Å². The van der Waals surface area contributed by atoms with Gasteiger partial charge < -0.3 is 20.3 Å². The Morgan fingerprint density at radius 3 is 2.32 bits per heavy atom. The lowest BCUT2D eigenvalue weighted by molar-refractivity contribution is 0.101. The summed E-state index contributed by atoms with van der Waals surface area (Å²) in [5, 5.41) is 6.10. The topological polar surface area (TPSA) is 70.7 Å². The van der Waals surface area contributed by atoms with Crippen LogP contribution >= 0.6 is 11.6 Å². The van der Waals surface area contributed by atoms with Gasteiger partial charge in [0.1, 0.15) is 0 Å². The predicted molar refractivity (Wildman–Crippen MR) is 123 cm³/mol. The van der Waals surface area contributed by atoms with Gasteiger partial charge in [0.2, 0.25) is 0 Å². The minimum Gasteiger partial charge on any atom is -0.378 e. The van der Waals surface area contributed by atoms with Crippen LogP contribution < -0.4 is 15.5 Å². The smallest absolute Gasteiger partial charge is 0.257 e. The Bertz CT molecular complexity index is 1080. The summed E-state index contributed by atoms with van der Waals surface area (Å²) in [6.45, 7) is 2.75. The number of hydrogen-bond acceptors (Lipinski definition) is 4. The second-order valence-electron chi connectivity index (χ2n) is 7.09. The average molecular weight is 436 g/mol. The fourth-order valence-electron chi connectivity index (χ4n) is 3.43. The Labute approximate surface area is 185 Å². The normalized spacial score (nSPS) is 13.5. The molecule has 7 heteroatoms. The summed E-state index contributed by atoms with van der Waals surface area (Å²) in [7, 11) is 0. The summed E-state index contributed by atoms with van der Waals surface area (Å²) >= 11 is 6.26. The molecule has 0 aromatic heterocycles. The van der Waals surface area contributed by atoms with E-state index in [1.807, 2.05) is 24.3 Å². The van der Waals surface area contributed by atoms with Crippen LogP contribution in [0.25, 0.3) is 0 Å². The predicted octanol–water partition coefficient (Wildman–Crippen LogP) is 4.68. The Balaban J connectivity index is 1.52. The second kappa shape index (κ2) is 9.64. The molecule has 0 radical (unpaired) electrons. The first-order valence-electron chi connectivity index (χ1n) is 10.0. The van der Waals surface area contributed by atoms with E-state index in [0.717, 1.165) is 18.8 Å². The van der Waals surface area contributed by atoms with Gasteiger partial charge in [-0.1, -0.05) is 41.9 Å². The number of nitrogens with one attached hydrogen (secondary N) is 2. The van der Waals surface area contributed by atoms with Gasteiger partial charge in [-0.15, -0.1) is 0 Å². The van der Waals surface area contributed by atoms with Crippen molar-refractivity contribution in [3.63, 3.8) is 0 Å². The molecule has 31 heavy (non-hydrogen) atoms. The molecule has 6 nitrogen and oxygen atoms in total. The fourth-order valence-corrected chi connectivity index (χ4v) is 3.59. The van der Waals surface area contributed by atoms with Crippen LogP contribution in [0.5, 0.6) is 0 Å². The first kappa shape index (κ1) is 20.9. The third kappa shape index (κ3) is 5.05. The monoisotopic (exact) mass is 435 g/mol. The fraction of sp³-hybridized carbons (Fsp3) is 0.167. The minimum absolute atomic E-state index is 0.232. The van der Waals surface area contributed by atoms with Crippen molar-refractivity contribution in [2.45, 2.75) is 0 Å². The SMILES string of the molecule is O=C(Nc1cc(NC(=O)c2ccccc2N2CCOCC2)ccc1Cl)c1ccccc1. The molecule has 1 fully saturated rings. The molecular weight excluding hydrogens is 414 g/mol. The average Bonchev–Trinajstić information content (AvgIpc) is 2.82. The molecule has 1 aliphatic heterocycles. The van der Waals surface area contributed by atoms with Gasteiger partial charge in [-0.05, 0) is 42.5 Å². The second-order valence-corrected chi connectivity index (χ2v) is 7.49. The minimum atomic E-state index is -0.274. The van der Waals surface area contributed by atoms with Crippen molar-refractivity contribution >= 4 is 40.5 Å². The Morgan fingerprint density at radius 2 is 1.55 bits per heavy atom. The first-order valence-corrected chi connectivity index (χ1v) is 10.4. The molecule has 2 N–H and O–H groups in total. The van der Waals surface area contributed by atoms with Crippen molar-refractivity contribution in [2.24, 2.45) is 0 Å². The Hall–Kier alpha value is -3.35. The third-order valence-electron chi connectivity index (χ3n) is 5.01. The van der Waals surface area contributed by atoms with E-state index >= 15 is 0 Å². The summed E-state index contributed by atoms with van der Waals surface area (Å²) in [5.41, 5.74) is 2.93. The van der Waals surface area contributed by atoms with Gasteiger partial charge in [0, 0.05) is 30.0 Å². The zero-order chi connectivity index (χ0) is 21.6. The number of morpholine rings is 1. The maximum absolute atomic E-state index is 13.0. The summed E-state index contributed by atoms with van der Waals surface area (Å²) in [6.07, 6.45) is 0. The highest BCUT2D eigenvalue weighted by atomic mass is 35.5. The van der Waals surface area contributed by atoms with Gasteiger partial charge in [0.05, 0.1) is 29.5 Å². The number of anilines is 3. The lowest BCUT2D eigenvalue weighted by atomic mass is 10.1. The Kier molecular flexibility index (Phi) is 6.50. The highest BCUT2D eigenvalue weighted by Gasteiger charge is 2.19. The van der Waals surface area contributed by atoms with Gasteiger partial charge in [-0.25, -0.2) is 0 Å². The van der Waals surface area contributed by atoms with Gasteiger partial charge in [-0.2, -0.15) is 0 Å². The van der Waals surface area contributed by atoms with Crippen molar-refractivity contribution in [1.29, 1.82) is 0 Å². The quantitative estimate of drug-likeness (QED) is 0.610. The molecule has 2 amide bonds. The summed E-state index contributed by atoms with van der Waals surface area (Å²) in [4.78, 5) is 27.6. The number of halogens is 1. The molecule has 4 rings (SSSR count). The van der Waals surface area contributed by atoms with Crippen molar-refractivity contribution in [3.8, 4) is 0 Å². The van der Waals surface area contributed by atoms with E-state index in [1.54, 1.807) is 48.5 Å². The number of carbonyl (C=O) groups excluding carboxylic acids is 2. The molecule has 158 valence electrons. The van der Waals surface area contributed by atoms with Crippen LogP contribution in [0.4, 0.5) is 17.1 Å². The molecule has 1 saturated heterocycles. The van der Waals surface area contributed by atoms with Crippen molar-refractivity contribution in [3.05, 3.63) is 88.9 Å². The molecule has 1 heterocycles.